The van der Waals surface area contributed by atoms with Crippen LogP contribution in [-0.2, 0) is 6.42 Å². The lowest BCUT2D eigenvalue weighted by Gasteiger charge is -2.39. The van der Waals surface area contributed by atoms with Crippen molar-refractivity contribution in [1.82, 2.24) is 9.88 Å². The van der Waals surface area contributed by atoms with E-state index < -0.39 is 23.5 Å². The van der Waals surface area contributed by atoms with Crippen molar-refractivity contribution in [2.45, 2.75) is 32.0 Å². The maximum absolute atomic E-state index is 15.8. The molecule has 5 rings (SSSR count). The molecule has 2 N–H and O–H groups in total. The van der Waals surface area contributed by atoms with Gasteiger partial charge in [0.05, 0.1) is 11.6 Å². The minimum atomic E-state index is -1.48. The molecule has 1 aromatic heterocycles. The Hall–Kier alpha value is -3.22. The fraction of sp³-hybridized carbons (Fsp3) is 0.250. The number of para-hydroxylation sites is 1. The van der Waals surface area contributed by atoms with Crippen molar-refractivity contribution in [3.05, 3.63) is 93.9 Å². The minimum Gasteiger partial charge on any atom is -0.478 e. The Morgan fingerprint density at radius 2 is 1.86 bits per heavy atom. The second-order valence-corrected chi connectivity index (χ2v) is 10.0. The van der Waals surface area contributed by atoms with Crippen LogP contribution in [0.5, 0.6) is 0 Å². The number of hydrogen-bond acceptors (Lipinski definition) is 2. The van der Waals surface area contributed by atoms with Gasteiger partial charge in [-0.15, -0.1) is 0 Å². The Labute approximate surface area is 207 Å². The molecule has 0 bridgehead atoms. The topological polar surface area (TPSA) is 56.3 Å². The van der Waals surface area contributed by atoms with Gasteiger partial charge in [0, 0.05) is 40.3 Å². The van der Waals surface area contributed by atoms with Crippen LogP contribution >= 0.6 is 11.6 Å². The molecule has 180 valence electrons. The number of halogens is 3. The highest BCUT2D eigenvalue weighted by atomic mass is 35.5. The van der Waals surface area contributed by atoms with E-state index >= 15 is 4.39 Å². The third-order valence-electron chi connectivity index (χ3n) is 6.53. The second kappa shape index (κ2) is 8.77. The average molecular weight is 495 g/mol. The first-order chi connectivity index (χ1) is 16.6. The van der Waals surface area contributed by atoms with Gasteiger partial charge in [0.25, 0.3) is 0 Å². The molecule has 0 amide bonds. The first-order valence-electron chi connectivity index (χ1n) is 11.5. The van der Waals surface area contributed by atoms with Crippen LogP contribution in [0.3, 0.4) is 0 Å². The number of hydrogen-bond donors (Lipinski definition) is 2. The standard InChI is InChI=1S/C28H25ClF2N2O2/c1-28(2,31)15-33-12-11-20-19-5-3-4-6-23(19)32-25(20)26(33)24-21(29)13-18(14-22(24)30)16-7-9-17(10-8-16)27(34)35/h3-10,13-14,26,32H,11-12,15H2,1-2H3,(H,34,35). The highest BCUT2D eigenvalue weighted by Crippen LogP contribution is 2.43. The summed E-state index contributed by atoms with van der Waals surface area (Å²) < 4.78 is 30.6. The van der Waals surface area contributed by atoms with Gasteiger partial charge in [-0.3, -0.25) is 4.90 Å². The van der Waals surface area contributed by atoms with Crippen molar-refractivity contribution >= 4 is 28.5 Å². The van der Waals surface area contributed by atoms with Gasteiger partial charge in [0.2, 0.25) is 0 Å². The molecule has 0 spiro atoms. The quantitative estimate of drug-likeness (QED) is 0.313. The zero-order valence-electron chi connectivity index (χ0n) is 19.4. The maximum atomic E-state index is 15.8. The van der Waals surface area contributed by atoms with Crippen LogP contribution in [0.4, 0.5) is 8.78 Å². The molecule has 7 heteroatoms. The summed E-state index contributed by atoms with van der Waals surface area (Å²) in [5.41, 5.74) is 3.05. The number of aromatic nitrogens is 1. The minimum absolute atomic E-state index is 0.126. The fourth-order valence-corrected chi connectivity index (χ4v) is 5.40. The van der Waals surface area contributed by atoms with Gasteiger partial charge in [-0.05, 0) is 67.3 Å². The van der Waals surface area contributed by atoms with Crippen LogP contribution in [0.15, 0.2) is 60.7 Å². The van der Waals surface area contributed by atoms with Crippen LogP contribution in [-0.4, -0.2) is 39.7 Å². The predicted octanol–water partition coefficient (Wildman–Crippen LogP) is 7.02. The van der Waals surface area contributed by atoms with E-state index in [4.69, 9.17) is 16.7 Å². The van der Waals surface area contributed by atoms with Gasteiger partial charge in [-0.1, -0.05) is 41.9 Å². The van der Waals surface area contributed by atoms with Crippen molar-refractivity contribution in [1.29, 1.82) is 0 Å². The number of carbonyl (C=O) groups is 1. The number of carboxylic acids is 1. The van der Waals surface area contributed by atoms with Crippen molar-refractivity contribution in [3.8, 4) is 11.1 Å². The average Bonchev–Trinajstić information content (AvgIpc) is 3.17. The molecule has 0 radical (unpaired) electrons. The lowest BCUT2D eigenvalue weighted by molar-refractivity contribution is 0.0697. The third-order valence-corrected chi connectivity index (χ3v) is 6.84. The molecule has 2 heterocycles. The number of rotatable bonds is 5. The van der Waals surface area contributed by atoms with Gasteiger partial charge in [0.15, 0.2) is 0 Å². The molecular weight excluding hydrogens is 470 g/mol. The molecule has 1 atom stereocenters. The Balaban J connectivity index is 1.63. The van der Waals surface area contributed by atoms with E-state index in [0.717, 1.165) is 28.6 Å². The Bertz CT molecular complexity index is 1400. The van der Waals surface area contributed by atoms with E-state index in [9.17, 15) is 9.18 Å². The Morgan fingerprint density at radius 3 is 2.51 bits per heavy atom. The fourth-order valence-electron chi connectivity index (χ4n) is 5.09. The van der Waals surface area contributed by atoms with Crippen molar-refractivity contribution in [2.24, 2.45) is 0 Å². The van der Waals surface area contributed by atoms with E-state index in [1.165, 1.54) is 32.0 Å². The van der Waals surface area contributed by atoms with Crippen molar-refractivity contribution < 1.29 is 18.7 Å². The summed E-state index contributed by atoms with van der Waals surface area (Å²) in [6.07, 6.45) is 0.721. The summed E-state index contributed by atoms with van der Waals surface area (Å²) >= 11 is 6.73. The summed E-state index contributed by atoms with van der Waals surface area (Å²) in [6.45, 7) is 3.74. The van der Waals surface area contributed by atoms with Crippen molar-refractivity contribution in [2.75, 3.05) is 13.1 Å². The smallest absolute Gasteiger partial charge is 0.335 e. The van der Waals surface area contributed by atoms with Crippen LogP contribution in [0.25, 0.3) is 22.0 Å². The number of fused-ring (bicyclic) bond motifs is 3. The summed E-state index contributed by atoms with van der Waals surface area (Å²) in [5, 5.41) is 10.5. The maximum Gasteiger partial charge on any atom is 0.335 e. The number of H-pyrrole nitrogens is 1. The van der Waals surface area contributed by atoms with E-state index in [0.29, 0.717) is 23.2 Å². The van der Waals surface area contributed by atoms with Gasteiger partial charge < -0.3 is 10.1 Å². The number of nitrogens with zero attached hydrogens (tertiary/aromatic N) is 1. The predicted molar refractivity (Wildman–Crippen MR) is 134 cm³/mol. The molecule has 35 heavy (non-hydrogen) atoms. The summed E-state index contributed by atoms with van der Waals surface area (Å²) in [4.78, 5) is 16.6. The van der Waals surface area contributed by atoms with E-state index in [2.05, 4.69) is 4.98 Å². The Morgan fingerprint density at radius 1 is 1.14 bits per heavy atom. The van der Waals surface area contributed by atoms with Crippen LogP contribution in [0.2, 0.25) is 5.02 Å². The van der Waals surface area contributed by atoms with E-state index in [-0.39, 0.29) is 17.1 Å². The monoisotopic (exact) mass is 494 g/mol. The highest BCUT2D eigenvalue weighted by Gasteiger charge is 2.37. The molecule has 4 nitrogen and oxygen atoms in total. The number of carboxylic acid groups (broad SMARTS) is 1. The van der Waals surface area contributed by atoms with Crippen LogP contribution < -0.4 is 0 Å². The summed E-state index contributed by atoms with van der Waals surface area (Å²) in [6, 6.07) is 16.7. The number of alkyl halides is 1. The van der Waals surface area contributed by atoms with Gasteiger partial charge in [-0.2, -0.15) is 0 Å². The van der Waals surface area contributed by atoms with Crippen LogP contribution in [0.1, 0.15) is 47.1 Å². The van der Waals surface area contributed by atoms with Crippen LogP contribution in [0, 0.1) is 5.82 Å². The van der Waals surface area contributed by atoms with E-state index in [1.54, 1.807) is 18.2 Å². The molecule has 4 aromatic rings. The normalized spacial score (nSPS) is 16.4. The lowest BCUT2D eigenvalue weighted by atomic mass is 9.90. The molecule has 1 aliphatic rings. The third kappa shape index (κ3) is 4.44. The molecule has 0 saturated carbocycles. The highest BCUT2D eigenvalue weighted by molar-refractivity contribution is 6.31. The largest absolute Gasteiger partial charge is 0.478 e. The summed E-state index contributed by atoms with van der Waals surface area (Å²) in [7, 11) is 0. The first-order valence-corrected chi connectivity index (χ1v) is 11.9. The Kier molecular flexibility index (Phi) is 5.90. The second-order valence-electron chi connectivity index (χ2n) is 9.64. The summed E-state index contributed by atoms with van der Waals surface area (Å²) in [5.74, 6) is -1.52. The SMILES string of the molecule is CC(C)(F)CN1CCc2c([nH]c3ccccc23)C1c1c(F)cc(-c2ccc(C(=O)O)cc2)cc1Cl. The molecule has 1 aliphatic heterocycles. The zero-order chi connectivity index (χ0) is 24.9. The molecular formula is C28H25ClF2N2O2. The number of benzene rings is 3. The van der Waals surface area contributed by atoms with Gasteiger partial charge in [-0.25, -0.2) is 13.6 Å². The van der Waals surface area contributed by atoms with E-state index in [1.807, 2.05) is 29.2 Å². The number of nitrogens with one attached hydrogen (secondary N) is 1. The molecule has 0 aliphatic carbocycles. The first kappa shape index (κ1) is 23.5. The molecule has 1 unspecified atom stereocenters. The molecule has 0 saturated heterocycles. The van der Waals surface area contributed by atoms with Gasteiger partial charge in [0.1, 0.15) is 11.5 Å². The number of aromatic carboxylic acids is 1. The molecule has 3 aromatic carbocycles. The lowest BCUT2D eigenvalue weighted by Crippen LogP contribution is -2.43. The van der Waals surface area contributed by atoms with Crippen molar-refractivity contribution in [3.63, 3.8) is 0 Å². The number of aromatic amines is 1. The zero-order valence-corrected chi connectivity index (χ0v) is 20.2. The van der Waals surface area contributed by atoms with Gasteiger partial charge >= 0.3 is 5.97 Å². The molecule has 0 fully saturated rings.